The molecule has 1 amide bonds. The van der Waals surface area contributed by atoms with E-state index in [1.807, 2.05) is 0 Å². The number of carbonyl (C=O) groups excluding carboxylic acids is 1. The summed E-state index contributed by atoms with van der Waals surface area (Å²) in [7, 11) is 1.59. The van der Waals surface area contributed by atoms with E-state index in [1.165, 1.54) is 12.1 Å². The van der Waals surface area contributed by atoms with Gasteiger partial charge in [0.1, 0.15) is 11.8 Å². The maximum absolute atomic E-state index is 13.1. The number of anilines is 1. The second kappa shape index (κ2) is 8.64. The Hall–Kier alpha value is -2.93. The van der Waals surface area contributed by atoms with Crippen LogP contribution in [0.1, 0.15) is 30.9 Å². The van der Waals surface area contributed by atoms with Gasteiger partial charge < -0.3 is 10.1 Å². The van der Waals surface area contributed by atoms with Crippen LogP contribution in [0.3, 0.4) is 0 Å². The van der Waals surface area contributed by atoms with Crippen LogP contribution < -0.4 is 10.1 Å². The summed E-state index contributed by atoms with van der Waals surface area (Å²) >= 11 is 0. The van der Waals surface area contributed by atoms with E-state index in [0.29, 0.717) is 5.69 Å². The average molecular weight is 369 g/mol. The summed E-state index contributed by atoms with van der Waals surface area (Å²) in [5.74, 6) is 0.576. The smallest absolute Gasteiger partial charge is 0.269 e. The number of hydrogen-bond donors (Lipinski definition) is 1. The summed E-state index contributed by atoms with van der Waals surface area (Å²) in [5, 5.41) is 13.9. The Labute approximate surface area is 158 Å². The van der Waals surface area contributed by atoms with Gasteiger partial charge in [0.05, 0.1) is 12.0 Å². The number of nitrogens with one attached hydrogen (secondary N) is 1. The van der Waals surface area contributed by atoms with Crippen molar-refractivity contribution in [1.29, 1.82) is 0 Å². The molecule has 0 radical (unpaired) electrons. The van der Waals surface area contributed by atoms with Crippen molar-refractivity contribution in [2.75, 3.05) is 25.5 Å². The minimum atomic E-state index is -0.479. The summed E-state index contributed by atoms with van der Waals surface area (Å²) in [5.41, 5.74) is 1.46. The highest BCUT2D eigenvalue weighted by Crippen LogP contribution is 2.28. The first-order valence-corrected chi connectivity index (χ1v) is 9.02. The van der Waals surface area contributed by atoms with Gasteiger partial charge in [0.25, 0.3) is 5.69 Å². The highest BCUT2D eigenvalue weighted by atomic mass is 16.6. The van der Waals surface area contributed by atoms with Crippen molar-refractivity contribution in [3.63, 3.8) is 0 Å². The molecule has 0 bridgehead atoms. The third kappa shape index (κ3) is 4.62. The Balaban J connectivity index is 1.83. The molecule has 7 nitrogen and oxygen atoms in total. The maximum Gasteiger partial charge on any atom is 0.269 e. The first-order chi connectivity index (χ1) is 13.1. The Bertz CT molecular complexity index is 784. The molecule has 1 aliphatic rings. The van der Waals surface area contributed by atoms with Gasteiger partial charge in [0.15, 0.2) is 0 Å². The lowest BCUT2D eigenvalue weighted by Crippen LogP contribution is -2.40. The first-order valence-electron chi connectivity index (χ1n) is 9.02. The van der Waals surface area contributed by atoms with Gasteiger partial charge in [0, 0.05) is 17.8 Å². The zero-order valence-electron chi connectivity index (χ0n) is 15.3. The normalized spacial score (nSPS) is 15.7. The number of nitrogens with zero attached hydrogens (tertiary/aromatic N) is 2. The molecular weight excluding hydrogens is 346 g/mol. The van der Waals surface area contributed by atoms with E-state index < -0.39 is 11.0 Å². The van der Waals surface area contributed by atoms with Crippen molar-refractivity contribution in [1.82, 2.24) is 4.90 Å². The van der Waals surface area contributed by atoms with Gasteiger partial charge in [-0.3, -0.25) is 19.8 Å². The largest absolute Gasteiger partial charge is 0.497 e. The van der Waals surface area contributed by atoms with Crippen molar-refractivity contribution in [3.05, 3.63) is 64.2 Å². The Morgan fingerprint density at radius 3 is 2.26 bits per heavy atom. The maximum atomic E-state index is 13.1. The molecule has 1 saturated heterocycles. The second-order valence-corrected chi connectivity index (χ2v) is 6.57. The highest BCUT2D eigenvalue weighted by molar-refractivity contribution is 5.95. The number of amides is 1. The molecule has 7 heteroatoms. The summed E-state index contributed by atoms with van der Waals surface area (Å²) < 4.78 is 5.14. The third-order valence-electron chi connectivity index (χ3n) is 4.78. The molecular formula is C20H23N3O4. The molecule has 3 rings (SSSR count). The van der Waals surface area contributed by atoms with E-state index in [1.54, 1.807) is 43.5 Å². The van der Waals surface area contributed by atoms with Crippen LogP contribution >= 0.6 is 0 Å². The minimum absolute atomic E-state index is 0.0201. The highest BCUT2D eigenvalue weighted by Gasteiger charge is 2.29. The number of nitro benzene ring substituents is 1. The van der Waals surface area contributed by atoms with Gasteiger partial charge in [0.2, 0.25) is 5.91 Å². The van der Waals surface area contributed by atoms with E-state index in [2.05, 4.69) is 10.2 Å². The van der Waals surface area contributed by atoms with E-state index in [9.17, 15) is 14.9 Å². The Morgan fingerprint density at radius 1 is 1.07 bits per heavy atom. The molecule has 1 heterocycles. The fraction of sp³-hybridized carbons (Fsp3) is 0.350. The number of rotatable bonds is 6. The zero-order chi connectivity index (χ0) is 19.2. The van der Waals surface area contributed by atoms with Gasteiger partial charge in [-0.15, -0.1) is 0 Å². The van der Waals surface area contributed by atoms with Crippen LogP contribution in [-0.2, 0) is 4.79 Å². The SMILES string of the molecule is COc1ccc(NC(=O)C(c2ccc([N+](=O)[O-])cc2)N2CCCCC2)cc1. The van der Waals surface area contributed by atoms with E-state index in [-0.39, 0.29) is 11.6 Å². The fourth-order valence-corrected chi connectivity index (χ4v) is 3.37. The predicted octanol–water partition coefficient (Wildman–Crippen LogP) is 3.77. The van der Waals surface area contributed by atoms with Crippen molar-refractivity contribution in [3.8, 4) is 5.75 Å². The predicted molar refractivity (Wildman–Crippen MR) is 103 cm³/mol. The van der Waals surface area contributed by atoms with Crippen molar-refractivity contribution in [2.24, 2.45) is 0 Å². The number of ether oxygens (including phenoxy) is 1. The Kier molecular flexibility index (Phi) is 6.03. The molecule has 0 aliphatic carbocycles. The van der Waals surface area contributed by atoms with Crippen molar-refractivity contribution in [2.45, 2.75) is 25.3 Å². The lowest BCUT2D eigenvalue weighted by atomic mass is 10.0. The number of nitro groups is 1. The molecule has 27 heavy (non-hydrogen) atoms. The fourth-order valence-electron chi connectivity index (χ4n) is 3.37. The molecule has 1 atom stereocenters. The van der Waals surface area contributed by atoms with Crippen LogP contribution in [0.4, 0.5) is 11.4 Å². The quantitative estimate of drug-likeness (QED) is 0.619. The number of piperidine rings is 1. The van der Waals surface area contributed by atoms with Crippen LogP contribution in [0.2, 0.25) is 0 Å². The topological polar surface area (TPSA) is 84.7 Å². The third-order valence-corrected chi connectivity index (χ3v) is 4.78. The molecule has 0 aromatic heterocycles. The van der Waals surface area contributed by atoms with Crippen molar-refractivity contribution < 1.29 is 14.5 Å². The number of benzene rings is 2. The first kappa shape index (κ1) is 18.8. The molecule has 1 unspecified atom stereocenters. The van der Waals surface area contributed by atoms with E-state index in [4.69, 9.17) is 4.74 Å². The average Bonchev–Trinajstić information content (AvgIpc) is 2.70. The van der Waals surface area contributed by atoms with E-state index >= 15 is 0 Å². The van der Waals surface area contributed by atoms with Crippen LogP contribution in [0, 0.1) is 10.1 Å². The summed E-state index contributed by atoms with van der Waals surface area (Å²) in [4.78, 5) is 25.7. The standard InChI is InChI=1S/C20H23N3O4/c1-27-18-11-7-16(8-12-18)21-20(24)19(22-13-3-2-4-14-22)15-5-9-17(10-6-15)23(25)26/h5-12,19H,2-4,13-14H2,1H3,(H,21,24). The van der Waals surface area contributed by atoms with Gasteiger partial charge in [-0.25, -0.2) is 0 Å². The molecule has 1 fully saturated rings. The summed E-state index contributed by atoms with van der Waals surface area (Å²) in [6, 6.07) is 12.9. The molecule has 0 spiro atoms. The summed E-state index contributed by atoms with van der Waals surface area (Å²) in [6.07, 6.45) is 3.24. The number of methoxy groups -OCH3 is 1. The molecule has 1 aliphatic heterocycles. The van der Waals surface area contributed by atoms with E-state index in [0.717, 1.165) is 43.7 Å². The lowest BCUT2D eigenvalue weighted by Gasteiger charge is -2.33. The van der Waals surface area contributed by atoms with Crippen LogP contribution in [0.25, 0.3) is 0 Å². The lowest BCUT2D eigenvalue weighted by molar-refractivity contribution is -0.384. The van der Waals surface area contributed by atoms with Crippen LogP contribution in [-0.4, -0.2) is 35.9 Å². The van der Waals surface area contributed by atoms with Gasteiger partial charge in [-0.2, -0.15) is 0 Å². The summed E-state index contributed by atoms with van der Waals surface area (Å²) in [6.45, 7) is 1.66. The molecule has 142 valence electrons. The molecule has 2 aromatic carbocycles. The molecule has 2 aromatic rings. The van der Waals surface area contributed by atoms with Gasteiger partial charge in [-0.1, -0.05) is 18.6 Å². The minimum Gasteiger partial charge on any atom is -0.497 e. The molecule has 0 saturated carbocycles. The monoisotopic (exact) mass is 369 g/mol. The van der Waals surface area contributed by atoms with Gasteiger partial charge in [-0.05, 0) is 55.8 Å². The number of likely N-dealkylation sites (tertiary alicyclic amines) is 1. The van der Waals surface area contributed by atoms with Crippen molar-refractivity contribution >= 4 is 17.3 Å². The number of carbonyl (C=O) groups is 1. The zero-order valence-corrected chi connectivity index (χ0v) is 15.3. The van der Waals surface area contributed by atoms with Crippen LogP contribution in [0.5, 0.6) is 5.75 Å². The second-order valence-electron chi connectivity index (χ2n) is 6.57. The molecule has 1 N–H and O–H groups in total. The number of hydrogen-bond acceptors (Lipinski definition) is 5. The van der Waals surface area contributed by atoms with Gasteiger partial charge >= 0.3 is 0 Å². The Morgan fingerprint density at radius 2 is 1.70 bits per heavy atom. The van der Waals surface area contributed by atoms with Crippen LogP contribution in [0.15, 0.2) is 48.5 Å². The number of non-ortho nitro benzene ring substituents is 1.